The number of aromatic nitrogens is 6. The van der Waals surface area contributed by atoms with E-state index in [0.717, 1.165) is 63.4 Å². The maximum atomic E-state index is 13.4. The second-order valence-corrected chi connectivity index (χ2v) is 34.0. The van der Waals surface area contributed by atoms with E-state index in [1.54, 1.807) is 89.1 Å². The molecule has 4 aliphatic rings. The molecule has 4 aromatic heterocycles. The summed E-state index contributed by atoms with van der Waals surface area (Å²) in [5.74, 6) is 0.202. The number of amides is 3. The lowest BCUT2D eigenvalue weighted by Crippen LogP contribution is -2.54. The van der Waals surface area contributed by atoms with E-state index < -0.39 is 35.7 Å². The number of sulfonamides is 3. The van der Waals surface area contributed by atoms with Gasteiger partial charge in [0.1, 0.15) is 31.1 Å². The first-order valence-corrected chi connectivity index (χ1v) is 41.0. The number of halogens is 4. The number of aliphatic hydroxyl groups is 1. The summed E-state index contributed by atoms with van der Waals surface area (Å²) >= 11 is 24.1. The number of rotatable bonds is 17. The first-order valence-electron chi connectivity index (χ1n) is 33.0. The van der Waals surface area contributed by atoms with Gasteiger partial charge < -0.3 is 39.1 Å². The van der Waals surface area contributed by atoms with Crippen molar-refractivity contribution in [1.29, 1.82) is 0 Å². The summed E-state index contributed by atoms with van der Waals surface area (Å²) in [6.07, 6.45) is 10.1. The van der Waals surface area contributed by atoms with Crippen molar-refractivity contribution < 1.29 is 50.5 Å². The fraction of sp³-hybridized carbons (Fsp3) is 0.286. The number of likely N-dealkylation sites (tertiary alicyclic amines) is 1. The molecule has 4 N–H and O–H groups in total. The van der Waals surface area contributed by atoms with Crippen LogP contribution >= 0.6 is 73.6 Å². The molecule has 4 aliphatic heterocycles. The van der Waals surface area contributed by atoms with Gasteiger partial charge in [-0.1, -0.05) is 68.9 Å². The molecule has 0 bridgehead atoms. The number of hydrogen-bond acceptors (Lipinski definition) is 20. The van der Waals surface area contributed by atoms with E-state index >= 15 is 0 Å². The zero-order chi connectivity index (χ0) is 73.5. The predicted molar refractivity (Wildman–Crippen MR) is 418 cm³/mol. The zero-order valence-electron chi connectivity index (χ0n) is 56.0. The molecule has 6 aromatic carbocycles. The minimum Gasteiger partial charge on any atom is -0.385 e. The lowest BCUT2D eigenvalue weighted by Gasteiger charge is -2.42. The summed E-state index contributed by atoms with van der Waals surface area (Å²) < 4.78 is 89.3. The van der Waals surface area contributed by atoms with Crippen LogP contribution in [0.1, 0.15) is 60.3 Å². The molecule has 0 spiro atoms. The summed E-state index contributed by atoms with van der Waals surface area (Å²) in [6.45, 7) is 10.1. The van der Waals surface area contributed by atoms with Gasteiger partial charge >= 0.3 is 0 Å². The van der Waals surface area contributed by atoms with E-state index in [4.69, 9.17) is 34.8 Å². The molecule has 34 heteroatoms. The number of fused-ring (bicyclic) bond motifs is 2. The average molecular weight is 1640 g/mol. The van der Waals surface area contributed by atoms with Crippen molar-refractivity contribution in [3.8, 4) is 0 Å². The molecule has 3 amide bonds. The maximum Gasteiger partial charge on any atom is 0.263 e. The quantitative estimate of drug-likeness (QED) is 0.0658. The smallest absolute Gasteiger partial charge is 0.263 e. The van der Waals surface area contributed by atoms with Gasteiger partial charge in [-0.05, 0) is 177 Å². The largest absolute Gasteiger partial charge is 0.385 e. The van der Waals surface area contributed by atoms with Gasteiger partial charge in [-0.15, -0.1) is 11.3 Å². The molecule has 10 aromatic rings. The van der Waals surface area contributed by atoms with Crippen LogP contribution < -0.4 is 28.9 Å². The second-order valence-electron chi connectivity index (χ2n) is 25.0. The van der Waals surface area contributed by atoms with Gasteiger partial charge in [-0.25, -0.2) is 45.2 Å². The van der Waals surface area contributed by atoms with Crippen molar-refractivity contribution >= 4 is 165 Å². The Morgan fingerprint density at radius 1 is 0.663 bits per heavy atom. The molecule has 552 valence electrons. The van der Waals surface area contributed by atoms with Gasteiger partial charge in [0.15, 0.2) is 5.13 Å². The SMILES string of the molecule is C[C@@H](C(=O)N1CCC(O)(c2ccc(S(=O)(=O)Nc3nccs3)cc2)CC1)N1CCCc2cc(Cl)ccc21.C[C@H]1CN(c2ccc(S(=O)(=O)Nc3ncns3)cc2)CCN1C(=O)Cn1ccc2ccc(Cl)cc21.O=C(c1ccc(Br)cc1Cl)N1CCN(c2ccc(S(=O)(=O)Nc3ccncn3)cc2)CC1.[HH].[HH].[HH].[HH]. The Bertz CT molecular complexity index is 5070. The molecular formula is C70H79BrCl3N15O10S5. The highest BCUT2D eigenvalue weighted by molar-refractivity contribution is 9.10. The highest BCUT2D eigenvalue weighted by atomic mass is 79.9. The van der Waals surface area contributed by atoms with E-state index in [0.29, 0.717) is 103 Å². The maximum absolute atomic E-state index is 13.4. The lowest BCUT2D eigenvalue weighted by atomic mass is 9.84. The van der Waals surface area contributed by atoms with Crippen molar-refractivity contribution in [3.05, 3.63) is 212 Å². The summed E-state index contributed by atoms with van der Waals surface area (Å²) in [5, 5.41) is 16.4. The Kier molecular flexibility index (Phi) is 23.5. The summed E-state index contributed by atoms with van der Waals surface area (Å²) in [7, 11) is -11.2. The van der Waals surface area contributed by atoms with Crippen molar-refractivity contribution in [3.63, 3.8) is 0 Å². The monoisotopic (exact) mass is 1630 g/mol. The van der Waals surface area contributed by atoms with Crippen LogP contribution in [-0.4, -0.2) is 169 Å². The molecule has 3 fully saturated rings. The molecule has 0 aliphatic carbocycles. The van der Waals surface area contributed by atoms with E-state index in [1.807, 2.05) is 76.9 Å². The number of thiazole rings is 1. The van der Waals surface area contributed by atoms with E-state index in [2.05, 4.69) is 69.1 Å². The number of anilines is 6. The van der Waals surface area contributed by atoms with E-state index in [9.17, 15) is 44.7 Å². The van der Waals surface area contributed by atoms with Crippen molar-refractivity contribution in [2.75, 3.05) is 94.3 Å². The first kappa shape index (κ1) is 75.2. The third kappa shape index (κ3) is 17.9. The second kappa shape index (κ2) is 32.5. The highest BCUT2D eigenvalue weighted by Gasteiger charge is 2.39. The highest BCUT2D eigenvalue weighted by Crippen LogP contribution is 2.37. The van der Waals surface area contributed by atoms with Crippen molar-refractivity contribution in [2.45, 2.75) is 78.4 Å². The molecule has 0 saturated carbocycles. The fourth-order valence-corrected chi connectivity index (χ4v) is 18.5. The summed E-state index contributed by atoms with van der Waals surface area (Å²) in [6, 6.07) is 39.5. The van der Waals surface area contributed by atoms with Crippen LogP contribution in [0.15, 0.2) is 195 Å². The molecule has 8 heterocycles. The molecule has 14 rings (SSSR count). The molecular weight excluding hydrogens is 1560 g/mol. The first-order chi connectivity index (χ1) is 49.8. The number of nitrogens with zero attached hydrogens (tertiary/aromatic N) is 12. The lowest BCUT2D eigenvalue weighted by molar-refractivity contribution is -0.137. The Morgan fingerprint density at radius 2 is 1.30 bits per heavy atom. The topological polar surface area (TPSA) is 299 Å². The summed E-state index contributed by atoms with van der Waals surface area (Å²) in [4.78, 5) is 67.1. The molecule has 0 radical (unpaired) electrons. The number of piperazine rings is 2. The number of aryl methyl sites for hydroxylation is 1. The molecule has 104 heavy (non-hydrogen) atoms. The van der Waals surface area contributed by atoms with Crippen LogP contribution in [-0.2, 0) is 58.2 Å². The van der Waals surface area contributed by atoms with Gasteiger partial charge in [0, 0.05) is 150 Å². The third-order valence-electron chi connectivity index (χ3n) is 18.4. The number of nitrogens with one attached hydrogen (secondary N) is 3. The summed E-state index contributed by atoms with van der Waals surface area (Å²) in [5.41, 5.74) is 4.96. The Hall–Kier alpha value is -8.50. The molecule has 0 unspecified atom stereocenters. The third-order valence-corrected chi connectivity index (χ3v) is 25.3. The van der Waals surface area contributed by atoms with Crippen molar-refractivity contribution in [1.82, 2.24) is 43.6 Å². The van der Waals surface area contributed by atoms with Crippen LogP contribution in [0.4, 0.5) is 33.1 Å². The number of piperidine rings is 1. The fourth-order valence-electron chi connectivity index (χ4n) is 12.9. The van der Waals surface area contributed by atoms with E-state index in [1.165, 1.54) is 60.1 Å². The van der Waals surface area contributed by atoms with Gasteiger partial charge in [-0.3, -0.25) is 28.5 Å². The number of benzene rings is 6. The Balaban J connectivity index is 0.000000201. The van der Waals surface area contributed by atoms with E-state index in [-0.39, 0.29) is 67.7 Å². The van der Waals surface area contributed by atoms with Crippen LogP contribution in [0.25, 0.3) is 10.9 Å². The molecule has 3 saturated heterocycles. The minimum absolute atomic E-state index is 0. The van der Waals surface area contributed by atoms with Gasteiger partial charge in [0.25, 0.3) is 36.0 Å². The average Bonchev–Trinajstić information content (AvgIpc) is 1.87. The molecule has 2 atom stereocenters. The van der Waals surface area contributed by atoms with Gasteiger partial charge in [0.05, 0.1) is 30.9 Å². The number of carbonyl (C=O) groups is 3. The minimum atomic E-state index is -3.76. The van der Waals surface area contributed by atoms with Gasteiger partial charge in [-0.2, -0.15) is 4.37 Å². The number of carbonyl (C=O) groups excluding carboxylic acids is 3. The van der Waals surface area contributed by atoms with Crippen molar-refractivity contribution in [2.24, 2.45) is 0 Å². The standard InChI is InChI=1S/C26H29ClN4O4S2.C23H23ClN6O3S2.C21H19BrClN5O3S.4H2/c1-18(31-13-2-3-19-17-21(27)6-9-23(19)31)24(32)30-14-10-26(33,11-15-30)20-4-7-22(8-5-20)37(34,35)29-25-28-12-16-36-25;1-16-13-28(19-4-6-20(7-5-19)35(32,33)27-23-25-15-26-34-23)10-11-30(16)22(31)14-29-9-8-17-2-3-18(24)12-21(17)29;22-15-1-6-18(19(23)13-15)21(29)28-11-9-27(10-12-28)16-2-4-17(5-3-16)32(30,31)26-20-7-8-24-14-25-20;;;;/h4-9,12,16-18,33H,2-3,10-11,13-15H2,1H3,(H,28,29);2-9,12,15-16H,10-11,13-14H2,1H3,(H,25,26,27);1-8,13-14H,9-12H2,(H,24,25,26);4*1H/t18-;16-;;;;;/m00...../s1. The number of hydrogen-bond donors (Lipinski definition) is 4. The molecule has 25 nitrogen and oxygen atoms in total. The van der Waals surface area contributed by atoms with Gasteiger partial charge in [0.2, 0.25) is 16.9 Å². The van der Waals surface area contributed by atoms with Crippen LogP contribution in [0.3, 0.4) is 0 Å². The Labute approximate surface area is 639 Å². The van der Waals surface area contributed by atoms with Crippen LogP contribution in [0.2, 0.25) is 15.1 Å². The predicted octanol–water partition coefficient (Wildman–Crippen LogP) is 12.6. The Morgan fingerprint density at radius 3 is 1.92 bits per heavy atom. The van der Waals surface area contributed by atoms with Crippen LogP contribution in [0, 0.1) is 0 Å². The zero-order valence-corrected chi connectivity index (χ0v) is 64.0. The normalized spacial score (nSPS) is 16.5. The van der Waals surface area contributed by atoms with Crippen LogP contribution in [0.5, 0.6) is 0 Å².